The Morgan fingerprint density at radius 2 is 1.52 bits per heavy atom. The van der Waals surface area contributed by atoms with E-state index >= 15 is 0 Å². The van der Waals surface area contributed by atoms with E-state index in [2.05, 4.69) is 100 Å². The van der Waals surface area contributed by atoms with Crippen LogP contribution in [0.2, 0.25) is 5.31 Å². The second-order valence-corrected chi connectivity index (χ2v) is 7.99. The summed E-state index contributed by atoms with van der Waals surface area (Å²) in [7, 11) is 4.37. The molecule has 3 heteroatoms. The zero-order valence-electron chi connectivity index (χ0n) is 17.2. The average Bonchev–Trinajstić information content (AvgIpc) is 3.06. The van der Waals surface area contributed by atoms with Gasteiger partial charge in [0.2, 0.25) is 7.28 Å². The van der Waals surface area contributed by atoms with Crippen LogP contribution in [0.5, 0.6) is 0 Å². The van der Waals surface area contributed by atoms with Crippen molar-refractivity contribution in [1.29, 1.82) is 0 Å². The van der Waals surface area contributed by atoms with Gasteiger partial charge in [0.15, 0.2) is 0 Å². The SMILES string of the molecule is CCc1cccc(C(c2cccc(CC)c2)C(C)(C)[B]c2nccn2C)c1. The summed E-state index contributed by atoms with van der Waals surface area (Å²) in [6.45, 7) is 9.08. The van der Waals surface area contributed by atoms with Gasteiger partial charge in [-0.2, -0.15) is 0 Å². The predicted octanol–water partition coefficient (Wildman–Crippen LogP) is 4.91. The van der Waals surface area contributed by atoms with Gasteiger partial charge in [0.1, 0.15) is 0 Å². The number of aromatic nitrogens is 2. The molecule has 2 nitrogen and oxygen atoms in total. The van der Waals surface area contributed by atoms with E-state index in [1.54, 1.807) is 0 Å². The highest BCUT2D eigenvalue weighted by molar-refractivity contribution is 6.55. The number of benzene rings is 2. The zero-order valence-corrected chi connectivity index (χ0v) is 17.2. The van der Waals surface area contributed by atoms with Crippen LogP contribution < -0.4 is 5.72 Å². The summed E-state index contributed by atoms with van der Waals surface area (Å²) in [4.78, 5) is 4.55. The second-order valence-electron chi connectivity index (χ2n) is 7.99. The molecule has 139 valence electrons. The predicted molar refractivity (Wildman–Crippen MR) is 116 cm³/mol. The van der Waals surface area contributed by atoms with E-state index in [-0.39, 0.29) is 11.2 Å². The standard InChI is InChI=1S/C24H30BN2/c1-6-18-10-8-12-20(16-18)22(21-13-9-11-19(7-2)17-21)24(3,4)25-23-26-14-15-27(23)5/h8-17,22H,6-7H2,1-5H3. The molecule has 1 radical (unpaired) electrons. The Hall–Kier alpha value is -2.29. The third-order valence-electron chi connectivity index (χ3n) is 5.49. The average molecular weight is 357 g/mol. The minimum atomic E-state index is -0.0855. The monoisotopic (exact) mass is 357 g/mol. The molecule has 0 unspecified atom stereocenters. The van der Waals surface area contributed by atoms with Gasteiger partial charge in [0, 0.05) is 25.4 Å². The first-order valence-electron chi connectivity index (χ1n) is 9.95. The first-order valence-corrected chi connectivity index (χ1v) is 9.95. The van der Waals surface area contributed by atoms with Gasteiger partial charge in [-0.3, -0.25) is 4.98 Å². The lowest BCUT2D eigenvalue weighted by Gasteiger charge is -2.35. The van der Waals surface area contributed by atoms with Crippen molar-refractivity contribution in [3.63, 3.8) is 0 Å². The zero-order chi connectivity index (χ0) is 19.4. The van der Waals surface area contributed by atoms with Gasteiger partial charge in [0.25, 0.3) is 0 Å². The number of aryl methyl sites for hydroxylation is 3. The van der Waals surface area contributed by atoms with E-state index in [1.807, 2.05) is 12.4 Å². The van der Waals surface area contributed by atoms with Crippen molar-refractivity contribution < 1.29 is 0 Å². The molecule has 0 saturated heterocycles. The Morgan fingerprint density at radius 3 is 1.96 bits per heavy atom. The molecule has 0 saturated carbocycles. The van der Waals surface area contributed by atoms with Gasteiger partial charge >= 0.3 is 0 Å². The first kappa shape index (κ1) is 19.5. The molecule has 0 aliphatic heterocycles. The van der Waals surface area contributed by atoms with Gasteiger partial charge in [-0.05, 0) is 40.4 Å². The van der Waals surface area contributed by atoms with Crippen LogP contribution in [0.3, 0.4) is 0 Å². The normalized spacial score (nSPS) is 11.8. The van der Waals surface area contributed by atoms with Crippen molar-refractivity contribution in [2.45, 2.75) is 51.8 Å². The van der Waals surface area contributed by atoms with Crippen LogP contribution in [0.1, 0.15) is 55.9 Å². The fourth-order valence-electron chi connectivity index (χ4n) is 3.97. The van der Waals surface area contributed by atoms with Crippen LogP contribution in [0.25, 0.3) is 0 Å². The molecule has 0 amide bonds. The molecule has 2 aromatic carbocycles. The van der Waals surface area contributed by atoms with Crippen LogP contribution >= 0.6 is 0 Å². The lowest BCUT2D eigenvalue weighted by molar-refractivity contribution is 0.582. The van der Waals surface area contributed by atoms with E-state index in [0.717, 1.165) is 18.6 Å². The van der Waals surface area contributed by atoms with Crippen molar-refractivity contribution >= 4 is 13.0 Å². The smallest absolute Gasteiger partial charge is 0.209 e. The molecule has 1 aromatic heterocycles. The Labute approximate surface area is 164 Å². The summed E-state index contributed by atoms with van der Waals surface area (Å²) >= 11 is 0. The molecule has 0 N–H and O–H groups in total. The largest absolute Gasteiger partial charge is 0.347 e. The summed E-state index contributed by atoms with van der Waals surface area (Å²) in [6.07, 6.45) is 5.98. The first-order chi connectivity index (χ1) is 12.9. The van der Waals surface area contributed by atoms with E-state index in [9.17, 15) is 0 Å². The van der Waals surface area contributed by atoms with Crippen LogP contribution in [0, 0.1) is 0 Å². The van der Waals surface area contributed by atoms with E-state index < -0.39 is 0 Å². The van der Waals surface area contributed by atoms with Crippen molar-refractivity contribution in [2.24, 2.45) is 7.05 Å². The molecule has 0 bridgehead atoms. The number of imidazole rings is 1. The molecule has 27 heavy (non-hydrogen) atoms. The summed E-state index contributed by atoms with van der Waals surface area (Å²) < 4.78 is 2.09. The van der Waals surface area contributed by atoms with Gasteiger partial charge in [-0.15, -0.1) is 0 Å². The Bertz CT molecular complexity index is 847. The van der Waals surface area contributed by atoms with E-state index in [1.165, 1.54) is 22.3 Å². The van der Waals surface area contributed by atoms with Crippen molar-refractivity contribution in [2.75, 3.05) is 0 Å². The van der Waals surface area contributed by atoms with E-state index in [4.69, 9.17) is 0 Å². The molecule has 0 aliphatic carbocycles. The van der Waals surface area contributed by atoms with Crippen molar-refractivity contribution in [3.8, 4) is 0 Å². The maximum absolute atomic E-state index is 4.55. The molecule has 3 aromatic rings. The fraction of sp³-hybridized carbons (Fsp3) is 0.375. The number of nitrogens with zero attached hydrogens (tertiary/aromatic N) is 2. The summed E-state index contributed by atoms with van der Waals surface area (Å²) in [5, 5.41) is -0.0855. The van der Waals surface area contributed by atoms with Gasteiger partial charge in [-0.25, -0.2) is 0 Å². The quantitative estimate of drug-likeness (QED) is 0.550. The Morgan fingerprint density at radius 1 is 0.963 bits per heavy atom. The number of hydrogen-bond acceptors (Lipinski definition) is 1. The third kappa shape index (κ3) is 4.35. The van der Waals surface area contributed by atoms with Crippen molar-refractivity contribution in [1.82, 2.24) is 9.55 Å². The minimum Gasteiger partial charge on any atom is -0.347 e. The van der Waals surface area contributed by atoms with Crippen LogP contribution in [0.15, 0.2) is 60.9 Å². The lowest BCUT2D eigenvalue weighted by atomic mass is 9.46. The Balaban J connectivity index is 2.09. The maximum atomic E-state index is 4.55. The summed E-state index contributed by atoms with van der Waals surface area (Å²) in [6, 6.07) is 18.1. The molecule has 0 spiro atoms. The summed E-state index contributed by atoms with van der Waals surface area (Å²) in [5.74, 6) is 0.271. The maximum Gasteiger partial charge on any atom is 0.209 e. The number of rotatable bonds is 7. The molecule has 0 aliphatic rings. The highest BCUT2D eigenvalue weighted by atomic mass is 15.0. The molecule has 0 atom stereocenters. The highest BCUT2D eigenvalue weighted by Gasteiger charge is 2.34. The molecular formula is C24H30BN2. The minimum absolute atomic E-state index is 0.0855. The van der Waals surface area contributed by atoms with Gasteiger partial charge < -0.3 is 4.57 Å². The Kier molecular flexibility index (Phi) is 5.89. The molecular weight excluding hydrogens is 327 g/mol. The highest BCUT2D eigenvalue weighted by Crippen LogP contribution is 2.46. The lowest BCUT2D eigenvalue weighted by Crippen LogP contribution is -2.36. The summed E-state index contributed by atoms with van der Waals surface area (Å²) in [5.41, 5.74) is 6.54. The fourth-order valence-corrected chi connectivity index (χ4v) is 3.97. The van der Waals surface area contributed by atoms with Crippen LogP contribution in [0.4, 0.5) is 0 Å². The van der Waals surface area contributed by atoms with Gasteiger partial charge in [0.05, 0.1) is 5.72 Å². The van der Waals surface area contributed by atoms with Gasteiger partial charge in [-0.1, -0.05) is 76.2 Å². The van der Waals surface area contributed by atoms with E-state index in [0.29, 0.717) is 0 Å². The number of hydrogen-bond donors (Lipinski definition) is 0. The molecule has 0 fully saturated rings. The second kappa shape index (κ2) is 8.16. The molecule has 3 rings (SSSR count). The molecule has 1 heterocycles. The van der Waals surface area contributed by atoms with Crippen LogP contribution in [-0.2, 0) is 19.9 Å². The third-order valence-corrected chi connectivity index (χ3v) is 5.49. The topological polar surface area (TPSA) is 17.8 Å². The van der Waals surface area contributed by atoms with Crippen molar-refractivity contribution in [3.05, 3.63) is 83.2 Å². The van der Waals surface area contributed by atoms with Crippen LogP contribution in [-0.4, -0.2) is 16.8 Å².